The van der Waals surface area contributed by atoms with Crippen molar-refractivity contribution >= 4 is 0 Å². The van der Waals surface area contributed by atoms with Gasteiger partial charge in [-0.3, -0.25) is 9.69 Å². The fraction of sp³-hybridized carbons (Fsp3) is 0.615. The third kappa shape index (κ3) is 2.15. The SMILES string of the molecule is NC1(C2CC2)CN(CCn2ccccc2=O)C1. The lowest BCUT2D eigenvalue weighted by Gasteiger charge is -2.48. The fourth-order valence-corrected chi connectivity index (χ4v) is 2.76. The van der Waals surface area contributed by atoms with E-state index in [2.05, 4.69) is 4.90 Å². The van der Waals surface area contributed by atoms with Crippen LogP contribution >= 0.6 is 0 Å². The predicted molar refractivity (Wildman–Crippen MR) is 66.8 cm³/mol. The van der Waals surface area contributed by atoms with Crippen molar-refractivity contribution in [3.05, 3.63) is 34.7 Å². The predicted octanol–water partition coefficient (Wildman–Crippen LogP) is 0.271. The molecule has 0 aromatic carbocycles. The van der Waals surface area contributed by atoms with E-state index >= 15 is 0 Å². The molecule has 4 heteroatoms. The molecule has 1 aliphatic carbocycles. The Labute approximate surface area is 101 Å². The highest BCUT2D eigenvalue weighted by molar-refractivity contribution is 5.08. The van der Waals surface area contributed by atoms with Gasteiger partial charge in [-0.25, -0.2) is 0 Å². The summed E-state index contributed by atoms with van der Waals surface area (Å²) in [6.45, 7) is 3.69. The minimum absolute atomic E-state index is 0.0780. The maximum Gasteiger partial charge on any atom is 0.250 e. The molecular formula is C13H19N3O. The maximum atomic E-state index is 11.5. The number of rotatable bonds is 4. The van der Waals surface area contributed by atoms with E-state index in [-0.39, 0.29) is 11.1 Å². The number of likely N-dealkylation sites (tertiary alicyclic amines) is 1. The summed E-state index contributed by atoms with van der Waals surface area (Å²) in [6, 6.07) is 5.28. The van der Waals surface area contributed by atoms with E-state index in [1.165, 1.54) is 12.8 Å². The molecule has 1 aromatic rings. The monoisotopic (exact) mass is 233 g/mol. The molecule has 1 saturated carbocycles. The zero-order valence-electron chi connectivity index (χ0n) is 10.0. The molecule has 0 atom stereocenters. The summed E-state index contributed by atoms with van der Waals surface area (Å²) in [5.41, 5.74) is 6.45. The van der Waals surface area contributed by atoms with E-state index in [0.29, 0.717) is 0 Å². The van der Waals surface area contributed by atoms with Crippen LogP contribution in [0.4, 0.5) is 0 Å². The topological polar surface area (TPSA) is 51.3 Å². The number of hydrogen-bond donors (Lipinski definition) is 1. The van der Waals surface area contributed by atoms with Crippen LogP contribution in [0.5, 0.6) is 0 Å². The zero-order valence-corrected chi connectivity index (χ0v) is 10.0. The second-order valence-electron chi connectivity index (χ2n) is 5.45. The van der Waals surface area contributed by atoms with Gasteiger partial charge in [-0.1, -0.05) is 6.07 Å². The van der Waals surface area contributed by atoms with Crippen LogP contribution in [0.15, 0.2) is 29.2 Å². The van der Waals surface area contributed by atoms with Crippen molar-refractivity contribution < 1.29 is 0 Å². The average Bonchev–Trinajstić information content (AvgIpc) is 3.08. The van der Waals surface area contributed by atoms with Crippen LogP contribution in [0, 0.1) is 5.92 Å². The van der Waals surface area contributed by atoms with E-state index in [9.17, 15) is 4.79 Å². The molecule has 3 rings (SSSR count). The first-order valence-electron chi connectivity index (χ1n) is 6.34. The van der Waals surface area contributed by atoms with E-state index in [1.54, 1.807) is 16.7 Å². The Kier molecular flexibility index (Phi) is 2.56. The first-order chi connectivity index (χ1) is 8.17. The van der Waals surface area contributed by atoms with Crippen molar-refractivity contribution in [2.75, 3.05) is 19.6 Å². The molecule has 92 valence electrons. The maximum absolute atomic E-state index is 11.5. The number of aromatic nitrogens is 1. The highest BCUT2D eigenvalue weighted by atomic mass is 16.1. The molecule has 0 radical (unpaired) electrons. The molecule has 1 aromatic heterocycles. The van der Waals surface area contributed by atoms with Crippen LogP contribution in [-0.2, 0) is 6.54 Å². The molecule has 4 nitrogen and oxygen atoms in total. The summed E-state index contributed by atoms with van der Waals surface area (Å²) in [5.74, 6) is 0.762. The van der Waals surface area contributed by atoms with Crippen molar-refractivity contribution in [1.29, 1.82) is 0 Å². The van der Waals surface area contributed by atoms with Crippen molar-refractivity contribution in [2.24, 2.45) is 11.7 Å². The Bertz CT molecular complexity index is 458. The first kappa shape index (κ1) is 11.0. The third-order valence-corrected chi connectivity index (χ3v) is 3.98. The number of nitrogens with two attached hydrogens (primary N) is 1. The number of nitrogens with zero attached hydrogens (tertiary/aromatic N) is 2. The van der Waals surface area contributed by atoms with Gasteiger partial charge in [0.15, 0.2) is 0 Å². The van der Waals surface area contributed by atoms with E-state index < -0.39 is 0 Å². The normalized spacial score (nSPS) is 23.4. The first-order valence-corrected chi connectivity index (χ1v) is 6.34. The van der Waals surface area contributed by atoms with Crippen molar-refractivity contribution in [1.82, 2.24) is 9.47 Å². The van der Waals surface area contributed by atoms with Crippen LogP contribution in [0.1, 0.15) is 12.8 Å². The van der Waals surface area contributed by atoms with Crippen molar-refractivity contribution in [2.45, 2.75) is 24.9 Å². The molecule has 2 fully saturated rings. The fourth-order valence-electron chi connectivity index (χ4n) is 2.76. The molecule has 2 N–H and O–H groups in total. The van der Waals surface area contributed by atoms with Gasteiger partial charge >= 0.3 is 0 Å². The van der Waals surface area contributed by atoms with Crippen LogP contribution < -0.4 is 11.3 Å². The highest BCUT2D eigenvalue weighted by Crippen LogP contribution is 2.42. The average molecular weight is 233 g/mol. The summed E-state index contributed by atoms with van der Waals surface area (Å²) in [4.78, 5) is 13.8. The molecule has 1 saturated heterocycles. The Morgan fingerprint density at radius 3 is 2.71 bits per heavy atom. The molecule has 2 aliphatic rings. The number of pyridine rings is 1. The summed E-state index contributed by atoms with van der Waals surface area (Å²) < 4.78 is 1.76. The van der Waals surface area contributed by atoms with Crippen molar-refractivity contribution in [3.8, 4) is 0 Å². The summed E-state index contributed by atoms with van der Waals surface area (Å²) in [6.07, 6.45) is 4.46. The van der Waals surface area contributed by atoms with Crippen LogP contribution in [0.3, 0.4) is 0 Å². The second-order valence-corrected chi connectivity index (χ2v) is 5.45. The van der Waals surface area contributed by atoms with Gasteiger partial charge < -0.3 is 10.3 Å². The summed E-state index contributed by atoms with van der Waals surface area (Å²) in [7, 11) is 0. The van der Waals surface area contributed by atoms with Gasteiger partial charge in [0.05, 0.1) is 0 Å². The minimum atomic E-state index is 0.0780. The van der Waals surface area contributed by atoms with Gasteiger partial charge in [-0.2, -0.15) is 0 Å². The molecule has 17 heavy (non-hydrogen) atoms. The van der Waals surface area contributed by atoms with Gasteiger partial charge in [0.2, 0.25) is 0 Å². The Morgan fingerprint density at radius 1 is 1.29 bits per heavy atom. The quantitative estimate of drug-likeness (QED) is 0.812. The van der Waals surface area contributed by atoms with Crippen molar-refractivity contribution in [3.63, 3.8) is 0 Å². The lowest BCUT2D eigenvalue weighted by atomic mass is 9.86. The van der Waals surface area contributed by atoms with Gasteiger partial charge in [0.25, 0.3) is 5.56 Å². The second kappa shape index (κ2) is 3.96. The Balaban J connectivity index is 1.50. The van der Waals surface area contributed by atoms with Crippen LogP contribution in [-0.4, -0.2) is 34.6 Å². The lowest BCUT2D eigenvalue weighted by Crippen LogP contribution is -2.68. The molecule has 0 amide bonds. The van der Waals surface area contributed by atoms with Crippen LogP contribution in [0.25, 0.3) is 0 Å². The third-order valence-electron chi connectivity index (χ3n) is 3.98. The largest absolute Gasteiger partial charge is 0.323 e. The molecule has 0 spiro atoms. The van der Waals surface area contributed by atoms with Crippen LogP contribution in [0.2, 0.25) is 0 Å². The van der Waals surface area contributed by atoms with Gasteiger partial charge in [-0.15, -0.1) is 0 Å². The molecule has 1 aliphatic heterocycles. The summed E-state index contributed by atoms with van der Waals surface area (Å²) >= 11 is 0. The van der Waals surface area contributed by atoms with E-state index in [1.807, 2.05) is 12.3 Å². The minimum Gasteiger partial charge on any atom is -0.323 e. The van der Waals surface area contributed by atoms with E-state index in [4.69, 9.17) is 5.73 Å². The summed E-state index contributed by atoms with van der Waals surface area (Å²) in [5, 5.41) is 0. The zero-order chi connectivity index (χ0) is 11.9. The van der Waals surface area contributed by atoms with Gasteiger partial charge in [0, 0.05) is 44.0 Å². The lowest BCUT2D eigenvalue weighted by molar-refractivity contribution is 0.0516. The van der Waals surface area contributed by atoms with Gasteiger partial charge in [-0.05, 0) is 24.8 Å². The number of hydrogen-bond acceptors (Lipinski definition) is 3. The van der Waals surface area contributed by atoms with E-state index in [0.717, 1.165) is 32.1 Å². The molecule has 0 unspecified atom stereocenters. The Hall–Kier alpha value is -1.13. The molecule has 0 bridgehead atoms. The molecular weight excluding hydrogens is 214 g/mol. The standard InChI is InChI=1S/C13H19N3O/c14-13(11-4-5-11)9-15(10-13)7-8-16-6-2-1-3-12(16)17/h1-3,6,11H,4-5,7-10,14H2. The smallest absolute Gasteiger partial charge is 0.250 e. The Morgan fingerprint density at radius 2 is 2.06 bits per heavy atom. The van der Waals surface area contributed by atoms with Gasteiger partial charge in [0.1, 0.15) is 0 Å². The molecule has 2 heterocycles. The highest BCUT2D eigenvalue weighted by Gasteiger charge is 2.49.